The van der Waals surface area contributed by atoms with Crippen molar-refractivity contribution < 1.29 is 37.1 Å². The summed E-state index contributed by atoms with van der Waals surface area (Å²) in [5.41, 5.74) is 1.10. The number of amides is 2. The summed E-state index contributed by atoms with van der Waals surface area (Å²) in [6.07, 6.45) is -0.924. The van der Waals surface area contributed by atoms with Crippen molar-refractivity contribution in [2.24, 2.45) is 11.8 Å². The van der Waals surface area contributed by atoms with Gasteiger partial charge in [0.15, 0.2) is 0 Å². The summed E-state index contributed by atoms with van der Waals surface area (Å²) < 4.78 is 45.2. The number of alkyl halides is 3. The number of nitrogens with zero attached hydrogens (tertiary/aromatic N) is 1. The molecule has 0 radical (unpaired) electrons. The number of nitrogens with one attached hydrogen (secondary N) is 1. The van der Waals surface area contributed by atoms with Gasteiger partial charge >= 0.3 is 12.1 Å². The second-order valence-corrected chi connectivity index (χ2v) is 11.4. The predicted molar refractivity (Wildman–Crippen MR) is 160 cm³/mol. The molecule has 2 fully saturated rings. The SMILES string of the molecule is CC(=O)CC[C@@H](C(=O)NCc1cccc(C(F)(F)F)c1)N1C(=O)[C@@H](C2C(=O)OC[C@@H]2c2ccccc2)[C@H]1/C=C/c1ccccc1. The number of ketones is 1. The van der Waals surface area contributed by atoms with E-state index in [2.05, 4.69) is 5.32 Å². The van der Waals surface area contributed by atoms with Crippen molar-refractivity contribution in [3.63, 3.8) is 0 Å². The van der Waals surface area contributed by atoms with E-state index in [-0.39, 0.29) is 43.3 Å². The van der Waals surface area contributed by atoms with Crippen LogP contribution in [0.5, 0.6) is 0 Å². The molecule has 2 aliphatic rings. The fourth-order valence-electron chi connectivity index (χ4n) is 6.11. The Morgan fingerprint density at radius 1 is 0.978 bits per heavy atom. The molecule has 45 heavy (non-hydrogen) atoms. The van der Waals surface area contributed by atoms with E-state index in [1.807, 2.05) is 66.7 Å². The van der Waals surface area contributed by atoms with E-state index in [1.54, 1.807) is 6.08 Å². The van der Waals surface area contributed by atoms with Gasteiger partial charge in [0.05, 0.1) is 30.0 Å². The van der Waals surface area contributed by atoms with Gasteiger partial charge in [-0.05, 0) is 42.2 Å². The number of esters is 1. The number of hydrogen-bond donors (Lipinski definition) is 1. The fraction of sp³-hybridized carbons (Fsp3) is 0.314. The second-order valence-electron chi connectivity index (χ2n) is 11.4. The maximum Gasteiger partial charge on any atom is 0.416 e. The highest BCUT2D eigenvalue weighted by Crippen LogP contribution is 2.46. The zero-order valence-electron chi connectivity index (χ0n) is 24.6. The maximum absolute atomic E-state index is 14.0. The summed E-state index contributed by atoms with van der Waals surface area (Å²) in [4.78, 5) is 54.1. The highest BCUT2D eigenvalue weighted by molar-refractivity contribution is 5.97. The van der Waals surface area contributed by atoms with Gasteiger partial charge in [0, 0.05) is 18.9 Å². The lowest BCUT2D eigenvalue weighted by Crippen LogP contribution is -2.69. The van der Waals surface area contributed by atoms with Crippen LogP contribution in [0, 0.1) is 11.8 Å². The van der Waals surface area contributed by atoms with Gasteiger partial charge in [-0.1, -0.05) is 84.9 Å². The van der Waals surface area contributed by atoms with Crippen LogP contribution in [0.25, 0.3) is 6.08 Å². The molecule has 3 aromatic rings. The average molecular weight is 619 g/mol. The number of hydrogen-bond acceptors (Lipinski definition) is 5. The van der Waals surface area contributed by atoms with Crippen LogP contribution in [0.2, 0.25) is 0 Å². The van der Waals surface area contributed by atoms with E-state index < -0.39 is 53.4 Å². The number of ether oxygens (including phenoxy) is 1. The zero-order valence-corrected chi connectivity index (χ0v) is 24.6. The molecule has 3 aromatic carbocycles. The molecule has 2 aliphatic heterocycles. The molecular weight excluding hydrogens is 585 g/mol. The first kappa shape index (κ1) is 31.7. The number of carbonyl (C=O) groups excluding carboxylic acids is 4. The number of carbonyl (C=O) groups is 4. The Morgan fingerprint density at radius 2 is 1.67 bits per heavy atom. The first-order chi connectivity index (χ1) is 21.5. The number of likely N-dealkylation sites (tertiary alicyclic amines) is 1. The average Bonchev–Trinajstić information content (AvgIpc) is 3.40. The van der Waals surface area contributed by atoms with Crippen molar-refractivity contribution in [2.75, 3.05) is 6.61 Å². The molecule has 1 N–H and O–H groups in total. The number of rotatable bonds is 11. The smallest absolute Gasteiger partial charge is 0.416 e. The van der Waals surface area contributed by atoms with Crippen LogP contribution < -0.4 is 5.32 Å². The van der Waals surface area contributed by atoms with Crippen LogP contribution in [0.3, 0.4) is 0 Å². The number of benzene rings is 3. The molecule has 0 aromatic heterocycles. The van der Waals surface area contributed by atoms with Crippen LogP contribution >= 0.6 is 0 Å². The molecular formula is C35H33F3N2O5. The lowest BCUT2D eigenvalue weighted by molar-refractivity contribution is -0.169. The number of halogens is 3. The van der Waals surface area contributed by atoms with E-state index in [4.69, 9.17) is 4.74 Å². The Morgan fingerprint density at radius 3 is 2.33 bits per heavy atom. The van der Waals surface area contributed by atoms with Gasteiger partial charge < -0.3 is 19.7 Å². The molecule has 5 atom stereocenters. The number of cyclic esters (lactones) is 1. The molecule has 0 saturated carbocycles. The predicted octanol–water partition coefficient (Wildman–Crippen LogP) is 5.56. The highest BCUT2D eigenvalue weighted by atomic mass is 19.4. The van der Waals surface area contributed by atoms with E-state index in [9.17, 15) is 32.3 Å². The van der Waals surface area contributed by atoms with E-state index >= 15 is 0 Å². The summed E-state index contributed by atoms with van der Waals surface area (Å²) in [7, 11) is 0. The molecule has 2 amide bonds. The molecule has 2 saturated heterocycles. The van der Waals surface area contributed by atoms with Gasteiger partial charge in [-0.3, -0.25) is 14.4 Å². The largest absolute Gasteiger partial charge is 0.465 e. The molecule has 234 valence electrons. The zero-order chi connectivity index (χ0) is 32.1. The molecule has 0 aliphatic carbocycles. The van der Waals surface area contributed by atoms with Gasteiger partial charge in [-0.2, -0.15) is 13.2 Å². The Bertz CT molecular complexity index is 1570. The minimum atomic E-state index is -4.54. The molecule has 10 heteroatoms. The highest BCUT2D eigenvalue weighted by Gasteiger charge is 2.59. The summed E-state index contributed by atoms with van der Waals surface area (Å²) in [6.45, 7) is 1.29. The lowest BCUT2D eigenvalue weighted by Gasteiger charge is -2.51. The number of β-lactam (4-membered cyclic amide) rings is 1. The normalized spacial score (nSPS) is 22.2. The summed E-state index contributed by atoms with van der Waals surface area (Å²) in [5, 5.41) is 2.67. The van der Waals surface area contributed by atoms with Crippen LogP contribution in [-0.2, 0) is 36.6 Å². The van der Waals surface area contributed by atoms with E-state index in [0.717, 1.165) is 23.3 Å². The number of Topliss-reactive ketones (excluding diaryl/α,β-unsaturated/α-hetero) is 1. The maximum atomic E-state index is 14.0. The topological polar surface area (TPSA) is 92.8 Å². The van der Waals surface area contributed by atoms with Crippen molar-refractivity contribution in [2.45, 2.75) is 50.5 Å². The molecule has 7 nitrogen and oxygen atoms in total. The second kappa shape index (κ2) is 13.5. The monoisotopic (exact) mass is 618 g/mol. The Labute approximate surface area is 259 Å². The van der Waals surface area contributed by atoms with Crippen molar-refractivity contribution in [3.05, 3.63) is 113 Å². The molecule has 2 heterocycles. The standard InChI is InChI=1S/C35H33F3N2O5/c1-22(41)15-17-29(32(42)39-20-24-11-8-14-26(19-24)35(36,37)38)40-28(18-16-23-9-4-2-5-10-23)31(33(40)43)30-27(21-45-34(30)44)25-12-6-3-7-13-25/h2-14,16,18-19,27-31H,15,17,20-21H2,1H3,(H,39,42)/b18-16+/t27-,28-,29+,30?,31-/m1/s1. The third kappa shape index (κ3) is 7.16. The third-order valence-electron chi connectivity index (χ3n) is 8.37. The summed E-state index contributed by atoms with van der Waals surface area (Å²) in [6, 6.07) is 21.5. The minimum Gasteiger partial charge on any atom is -0.465 e. The van der Waals surface area contributed by atoms with Crippen molar-refractivity contribution >= 4 is 29.6 Å². The van der Waals surface area contributed by atoms with E-state index in [1.165, 1.54) is 24.0 Å². The summed E-state index contributed by atoms with van der Waals surface area (Å²) in [5.74, 6) is -3.68. The van der Waals surface area contributed by atoms with Crippen molar-refractivity contribution in [1.29, 1.82) is 0 Å². The van der Waals surface area contributed by atoms with Crippen molar-refractivity contribution in [3.8, 4) is 0 Å². The first-order valence-electron chi connectivity index (χ1n) is 14.7. The fourth-order valence-corrected chi connectivity index (χ4v) is 6.11. The lowest BCUT2D eigenvalue weighted by atomic mass is 9.70. The van der Waals surface area contributed by atoms with Gasteiger partial charge in [-0.25, -0.2) is 0 Å². The van der Waals surface area contributed by atoms with Gasteiger partial charge in [0.25, 0.3) is 0 Å². The molecule has 1 unspecified atom stereocenters. The van der Waals surface area contributed by atoms with Crippen LogP contribution in [0.4, 0.5) is 13.2 Å². The Hall–Kier alpha value is -4.73. The van der Waals surface area contributed by atoms with Crippen LogP contribution in [0.1, 0.15) is 47.9 Å². The van der Waals surface area contributed by atoms with E-state index in [0.29, 0.717) is 0 Å². The van der Waals surface area contributed by atoms with Gasteiger partial charge in [0.1, 0.15) is 11.8 Å². The van der Waals surface area contributed by atoms with Gasteiger partial charge in [0.2, 0.25) is 11.8 Å². The van der Waals surface area contributed by atoms with Gasteiger partial charge in [-0.15, -0.1) is 0 Å². The van der Waals surface area contributed by atoms with Crippen LogP contribution in [-0.4, -0.2) is 47.2 Å². The first-order valence-corrected chi connectivity index (χ1v) is 14.7. The molecule has 0 bridgehead atoms. The quantitative estimate of drug-likeness (QED) is 0.225. The molecule has 0 spiro atoms. The Kier molecular flexibility index (Phi) is 9.51. The molecule has 5 rings (SSSR count). The van der Waals surface area contributed by atoms with Crippen LogP contribution in [0.15, 0.2) is 91.0 Å². The Balaban J connectivity index is 1.44. The minimum absolute atomic E-state index is 0.00330. The third-order valence-corrected chi connectivity index (χ3v) is 8.37. The summed E-state index contributed by atoms with van der Waals surface area (Å²) >= 11 is 0. The van der Waals surface area contributed by atoms with Crippen molar-refractivity contribution in [1.82, 2.24) is 10.2 Å².